The van der Waals surface area contributed by atoms with E-state index in [1.54, 1.807) is 24.4 Å². The van der Waals surface area contributed by atoms with Crippen molar-refractivity contribution in [1.29, 1.82) is 0 Å². The Bertz CT molecular complexity index is 685. The third-order valence-electron chi connectivity index (χ3n) is 2.71. The van der Waals surface area contributed by atoms with Gasteiger partial charge in [0.2, 0.25) is 0 Å². The van der Waals surface area contributed by atoms with Crippen LogP contribution in [0.1, 0.15) is 5.56 Å². The number of hydrogen-bond donors (Lipinski definition) is 1. The van der Waals surface area contributed by atoms with Crippen molar-refractivity contribution in [3.8, 4) is 5.75 Å². The molecule has 1 aromatic heterocycles. The molecule has 0 atom stereocenters. The van der Waals surface area contributed by atoms with Crippen molar-refractivity contribution in [3.63, 3.8) is 0 Å². The van der Waals surface area contributed by atoms with Gasteiger partial charge in [-0.05, 0) is 24.3 Å². The number of rotatable bonds is 5. The van der Waals surface area contributed by atoms with Gasteiger partial charge in [0.05, 0.1) is 6.54 Å². The first kappa shape index (κ1) is 14.2. The molecule has 104 valence electrons. The minimum absolute atomic E-state index is 0.106. The van der Waals surface area contributed by atoms with E-state index in [0.29, 0.717) is 12.1 Å². The molecule has 4 nitrogen and oxygen atoms in total. The first-order chi connectivity index (χ1) is 9.58. The second kappa shape index (κ2) is 6.29. The molecule has 2 aromatic rings. The second-order valence-electron chi connectivity index (χ2n) is 4.09. The maximum Gasteiger partial charge on any atom is 0.250 e. The van der Waals surface area contributed by atoms with Crippen LogP contribution in [0.2, 0.25) is 0 Å². The molecule has 0 amide bonds. The van der Waals surface area contributed by atoms with Crippen molar-refractivity contribution >= 4 is 17.2 Å². The number of aromatic nitrogens is 1. The van der Waals surface area contributed by atoms with Crippen LogP contribution < -0.4 is 16.0 Å². The first-order valence-electron chi connectivity index (χ1n) is 5.95. The van der Waals surface area contributed by atoms with Crippen LogP contribution in [0.5, 0.6) is 5.75 Å². The van der Waals surface area contributed by atoms with E-state index >= 15 is 0 Å². The van der Waals surface area contributed by atoms with Crippen LogP contribution in [-0.4, -0.2) is 16.2 Å². The zero-order chi connectivity index (χ0) is 14.5. The molecule has 0 unspecified atom stereocenters. The Balaban J connectivity index is 2.00. The average Bonchev–Trinajstić information content (AvgIpc) is 2.42. The summed E-state index contributed by atoms with van der Waals surface area (Å²) in [4.78, 5) is 11.6. The fraction of sp³-hybridized carbons (Fsp3) is 0.143. The van der Waals surface area contributed by atoms with Gasteiger partial charge in [0.1, 0.15) is 11.6 Å². The van der Waals surface area contributed by atoms with E-state index in [1.807, 2.05) is 0 Å². The SMILES string of the molecule is NC(=S)c1ccc(OCCn2ccccc2=O)c(F)c1. The number of nitrogens with two attached hydrogens (primary N) is 1. The Morgan fingerprint density at radius 2 is 2.15 bits per heavy atom. The van der Waals surface area contributed by atoms with Gasteiger partial charge in [-0.3, -0.25) is 4.79 Å². The van der Waals surface area contributed by atoms with E-state index in [1.165, 1.54) is 22.8 Å². The largest absolute Gasteiger partial charge is 0.489 e. The molecule has 0 aliphatic carbocycles. The average molecular weight is 292 g/mol. The lowest BCUT2D eigenvalue weighted by Gasteiger charge is -2.09. The van der Waals surface area contributed by atoms with Gasteiger partial charge in [0, 0.05) is 17.8 Å². The van der Waals surface area contributed by atoms with E-state index in [2.05, 4.69) is 0 Å². The second-order valence-corrected chi connectivity index (χ2v) is 4.53. The van der Waals surface area contributed by atoms with Crippen LogP contribution in [0.4, 0.5) is 4.39 Å². The molecule has 20 heavy (non-hydrogen) atoms. The Kier molecular flexibility index (Phi) is 4.47. The smallest absolute Gasteiger partial charge is 0.250 e. The van der Waals surface area contributed by atoms with Crippen molar-refractivity contribution in [2.45, 2.75) is 6.54 Å². The monoisotopic (exact) mass is 292 g/mol. The van der Waals surface area contributed by atoms with Crippen LogP contribution in [0.3, 0.4) is 0 Å². The van der Waals surface area contributed by atoms with Crippen LogP contribution >= 0.6 is 12.2 Å². The molecule has 6 heteroatoms. The van der Waals surface area contributed by atoms with E-state index < -0.39 is 5.82 Å². The predicted octanol–water partition coefficient (Wildman–Crippen LogP) is 1.70. The first-order valence-corrected chi connectivity index (χ1v) is 6.36. The molecule has 2 rings (SSSR count). The zero-order valence-electron chi connectivity index (χ0n) is 10.6. The molecular formula is C14H13FN2O2S. The van der Waals surface area contributed by atoms with E-state index in [9.17, 15) is 9.18 Å². The molecule has 1 heterocycles. The van der Waals surface area contributed by atoms with Crippen LogP contribution in [0.25, 0.3) is 0 Å². The van der Waals surface area contributed by atoms with Gasteiger partial charge in [-0.25, -0.2) is 4.39 Å². The van der Waals surface area contributed by atoms with Crippen molar-refractivity contribution in [1.82, 2.24) is 4.57 Å². The topological polar surface area (TPSA) is 57.2 Å². The minimum Gasteiger partial charge on any atom is -0.489 e. The van der Waals surface area contributed by atoms with Gasteiger partial charge in [-0.2, -0.15) is 0 Å². The normalized spacial score (nSPS) is 10.2. The van der Waals surface area contributed by atoms with Crippen LogP contribution in [-0.2, 0) is 6.54 Å². The Hall–Kier alpha value is -2.21. The van der Waals surface area contributed by atoms with Gasteiger partial charge in [0.15, 0.2) is 11.6 Å². The summed E-state index contributed by atoms with van der Waals surface area (Å²) < 4.78 is 20.5. The molecule has 0 spiro atoms. The number of halogens is 1. The molecule has 0 aliphatic heterocycles. The summed E-state index contributed by atoms with van der Waals surface area (Å²) in [5, 5.41) is 0. The van der Waals surface area contributed by atoms with Crippen LogP contribution in [0, 0.1) is 5.82 Å². The zero-order valence-corrected chi connectivity index (χ0v) is 11.4. The summed E-state index contributed by atoms with van der Waals surface area (Å²) >= 11 is 4.76. The van der Waals surface area contributed by atoms with Gasteiger partial charge >= 0.3 is 0 Å². The fourth-order valence-electron chi connectivity index (χ4n) is 1.67. The lowest BCUT2D eigenvalue weighted by Crippen LogP contribution is -2.21. The third kappa shape index (κ3) is 3.42. The molecule has 0 bridgehead atoms. The van der Waals surface area contributed by atoms with Gasteiger partial charge in [-0.15, -0.1) is 0 Å². The Morgan fingerprint density at radius 3 is 2.80 bits per heavy atom. The highest BCUT2D eigenvalue weighted by Crippen LogP contribution is 2.18. The molecule has 0 fully saturated rings. The Labute approximate surface area is 120 Å². The highest BCUT2D eigenvalue weighted by atomic mass is 32.1. The van der Waals surface area contributed by atoms with Gasteiger partial charge in [0.25, 0.3) is 5.56 Å². The summed E-state index contributed by atoms with van der Waals surface area (Å²) in [7, 11) is 0. The molecular weight excluding hydrogens is 279 g/mol. The van der Waals surface area contributed by atoms with Crippen LogP contribution in [0.15, 0.2) is 47.4 Å². The number of hydrogen-bond acceptors (Lipinski definition) is 3. The highest BCUT2D eigenvalue weighted by molar-refractivity contribution is 7.80. The third-order valence-corrected chi connectivity index (χ3v) is 2.94. The number of pyridine rings is 1. The molecule has 2 N–H and O–H groups in total. The number of nitrogens with zero attached hydrogens (tertiary/aromatic N) is 1. The number of thiocarbonyl (C=S) groups is 1. The molecule has 0 saturated carbocycles. The maximum absolute atomic E-state index is 13.7. The summed E-state index contributed by atoms with van der Waals surface area (Å²) in [5.41, 5.74) is 5.74. The van der Waals surface area contributed by atoms with Crippen molar-refractivity contribution < 1.29 is 9.13 Å². The summed E-state index contributed by atoms with van der Waals surface area (Å²) in [5.74, 6) is -0.426. The molecule has 0 saturated heterocycles. The summed E-state index contributed by atoms with van der Waals surface area (Å²) in [6.07, 6.45) is 1.65. The molecule has 0 aliphatic rings. The van der Waals surface area contributed by atoms with E-state index in [4.69, 9.17) is 22.7 Å². The lowest BCUT2D eigenvalue weighted by molar-refractivity contribution is 0.282. The molecule has 0 radical (unpaired) electrons. The lowest BCUT2D eigenvalue weighted by atomic mass is 10.2. The van der Waals surface area contributed by atoms with E-state index in [-0.39, 0.29) is 22.9 Å². The predicted molar refractivity (Wildman–Crippen MR) is 78.5 cm³/mol. The summed E-state index contributed by atoms with van der Waals surface area (Å²) in [6.45, 7) is 0.531. The van der Waals surface area contributed by atoms with Gasteiger partial charge in [-0.1, -0.05) is 18.3 Å². The minimum atomic E-state index is -0.532. The van der Waals surface area contributed by atoms with Crippen molar-refractivity contribution in [2.24, 2.45) is 5.73 Å². The maximum atomic E-state index is 13.7. The Morgan fingerprint density at radius 1 is 1.35 bits per heavy atom. The fourth-order valence-corrected chi connectivity index (χ4v) is 1.80. The van der Waals surface area contributed by atoms with Gasteiger partial charge < -0.3 is 15.0 Å². The number of ether oxygens (including phenoxy) is 1. The van der Waals surface area contributed by atoms with Crippen molar-refractivity contribution in [3.05, 3.63) is 64.3 Å². The summed E-state index contributed by atoms with van der Waals surface area (Å²) in [6, 6.07) is 9.16. The molecule has 1 aromatic carbocycles. The quantitative estimate of drug-likeness (QED) is 0.852. The number of benzene rings is 1. The van der Waals surface area contributed by atoms with E-state index in [0.717, 1.165) is 0 Å². The highest BCUT2D eigenvalue weighted by Gasteiger charge is 2.06. The van der Waals surface area contributed by atoms with Crippen molar-refractivity contribution in [2.75, 3.05) is 6.61 Å². The standard InChI is InChI=1S/C14H13FN2O2S/c15-11-9-10(14(16)20)4-5-12(11)19-8-7-17-6-2-1-3-13(17)18/h1-6,9H,7-8H2,(H2,16,20).